The van der Waals surface area contributed by atoms with E-state index in [0.29, 0.717) is 11.5 Å². The maximum Gasteiger partial charge on any atom is 0.241 e. The Morgan fingerprint density at radius 1 is 1.00 bits per heavy atom. The van der Waals surface area contributed by atoms with Gasteiger partial charge >= 0.3 is 0 Å². The van der Waals surface area contributed by atoms with Crippen LogP contribution < -0.4 is 14.4 Å². The number of nitrogens with zero attached hydrogens (tertiary/aromatic N) is 3. The van der Waals surface area contributed by atoms with E-state index in [0.717, 1.165) is 21.8 Å². The molecule has 1 amide bonds. The molecule has 9 heteroatoms. The lowest BCUT2D eigenvalue weighted by Crippen LogP contribution is -2.40. The highest BCUT2D eigenvalue weighted by atomic mass is 32.2. The fourth-order valence-corrected chi connectivity index (χ4v) is 4.19. The van der Waals surface area contributed by atoms with Gasteiger partial charge in [-0.1, -0.05) is 42.5 Å². The van der Waals surface area contributed by atoms with E-state index < -0.39 is 15.9 Å². The van der Waals surface area contributed by atoms with E-state index in [1.165, 1.54) is 0 Å². The van der Waals surface area contributed by atoms with E-state index in [1.807, 2.05) is 53.2 Å². The van der Waals surface area contributed by atoms with Crippen LogP contribution in [0, 0.1) is 0 Å². The van der Waals surface area contributed by atoms with Crippen molar-refractivity contribution in [3.8, 4) is 17.2 Å². The second-order valence-corrected chi connectivity index (χ2v) is 9.47. The van der Waals surface area contributed by atoms with Crippen LogP contribution in [-0.2, 0) is 21.4 Å². The fraction of sp³-hybridized carbons (Fsp3) is 0.120. The molecule has 0 aliphatic carbocycles. The van der Waals surface area contributed by atoms with Gasteiger partial charge < -0.3 is 14.6 Å². The molecule has 0 aliphatic rings. The zero-order valence-electron chi connectivity index (χ0n) is 18.5. The Balaban J connectivity index is 1.45. The average Bonchev–Trinajstić information content (AvgIpc) is 3.37. The van der Waals surface area contributed by atoms with Gasteiger partial charge in [-0.3, -0.25) is 9.10 Å². The zero-order chi connectivity index (χ0) is 24.0. The van der Waals surface area contributed by atoms with Gasteiger partial charge in [0.15, 0.2) is 5.75 Å². The molecule has 34 heavy (non-hydrogen) atoms. The number of anilines is 1. The first-order valence-corrected chi connectivity index (χ1v) is 12.4. The molecule has 0 radical (unpaired) electrons. The lowest BCUT2D eigenvalue weighted by molar-refractivity contribution is -0.119. The molecule has 8 nitrogen and oxygen atoms in total. The monoisotopic (exact) mass is 476 g/mol. The standard InChI is InChI=1S/C25H24N4O4S/c1-34(31,32)29(23-9-5-6-10-24(23)33-22-7-3-2-4-8-22)18-25(30)27-17-20-11-13-21(14-12-20)28-16-15-26-19-28/h2-16,19H,17-18H2,1H3,(H,27,30). The maximum absolute atomic E-state index is 12.7. The summed E-state index contributed by atoms with van der Waals surface area (Å²) >= 11 is 0. The quantitative estimate of drug-likeness (QED) is 0.397. The first-order chi connectivity index (χ1) is 16.4. The van der Waals surface area contributed by atoms with Gasteiger partial charge in [-0.15, -0.1) is 0 Å². The van der Waals surface area contributed by atoms with Gasteiger partial charge in [-0.2, -0.15) is 0 Å². The van der Waals surface area contributed by atoms with Crippen LogP contribution in [-0.4, -0.2) is 36.7 Å². The van der Waals surface area contributed by atoms with Crippen molar-refractivity contribution in [2.75, 3.05) is 17.1 Å². The predicted molar refractivity (Wildman–Crippen MR) is 131 cm³/mol. The van der Waals surface area contributed by atoms with Crippen LogP contribution in [0.4, 0.5) is 5.69 Å². The Morgan fingerprint density at radius 2 is 1.71 bits per heavy atom. The molecular formula is C25H24N4O4S. The minimum absolute atomic E-state index is 0.267. The highest BCUT2D eigenvalue weighted by molar-refractivity contribution is 7.92. The molecule has 0 saturated carbocycles. The minimum atomic E-state index is -3.76. The Morgan fingerprint density at radius 3 is 2.38 bits per heavy atom. The van der Waals surface area contributed by atoms with Gasteiger partial charge in [-0.25, -0.2) is 13.4 Å². The first kappa shape index (κ1) is 23.1. The summed E-state index contributed by atoms with van der Waals surface area (Å²) in [5.74, 6) is 0.465. The van der Waals surface area contributed by atoms with Crippen LogP contribution in [0.5, 0.6) is 11.5 Å². The van der Waals surface area contributed by atoms with Gasteiger partial charge in [0.2, 0.25) is 15.9 Å². The summed E-state index contributed by atoms with van der Waals surface area (Å²) in [4.78, 5) is 16.7. The van der Waals surface area contributed by atoms with Crippen molar-refractivity contribution in [2.24, 2.45) is 0 Å². The third kappa shape index (κ3) is 5.81. The van der Waals surface area contributed by atoms with Crippen molar-refractivity contribution in [3.05, 3.63) is 103 Å². The second-order valence-electron chi connectivity index (χ2n) is 7.57. The number of carbonyl (C=O) groups excluding carboxylic acids is 1. The van der Waals surface area contributed by atoms with Gasteiger partial charge in [0.05, 0.1) is 18.3 Å². The average molecular weight is 477 g/mol. The number of carbonyl (C=O) groups is 1. The molecule has 0 unspecified atom stereocenters. The van der Waals surface area contributed by atoms with E-state index in [2.05, 4.69) is 10.3 Å². The van der Waals surface area contributed by atoms with E-state index in [4.69, 9.17) is 4.74 Å². The third-order valence-electron chi connectivity index (χ3n) is 5.02. The van der Waals surface area contributed by atoms with Gasteiger partial charge in [0.25, 0.3) is 0 Å². The van der Waals surface area contributed by atoms with Crippen LogP contribution in [0.25, 0.3) is 5.69 Å². The number of para-hydroxylation sites is 3. The van der Waals surface area contributed by atoms with Crippen molar-refractivity contribution in [3.63, 3.8) is 0 Å². The molecule has 0 atom stereocenters. The Kier molecular flexibility index (Phi) is 6.93. The molecule has 3 aromatic carbocycles. The van der Waals surface area contributed by atoms with Crippen molar-refractivity contribution in [2.45, 2.75) is 6.54 Å². The van der Waals surface area contributed by atoms with E-state index in [1.54, 1.807) is 48.9 Å². The molecule has 4 aromatic rings. The molecule has 1 N–H and O–H groups in total. The molecule has 4 rings (SSSR count). The fourth-order valence-electron chi connectivity index (χ4n) is 3.33. The van der Waals surface area contributed by atoms with E-state index in [-0.39, 0.29) is 18.8 Å². The second kappa shape index (κ2) is 10.2. The molecule has 0 saturated heterocycles. The molecule has 0 aliphatic heterocycles. The highest BCUT2D eigenvalue weighted by Gasteiger charge is 2.24. The number of hydrogen-bond donors (Lipinski definition) is 1. The highest BCUT2D eigenvalue weighted by Crippen LogP contribution is 2.33. The topological polar surface area (TPSA) is 93.5 Å². The summed E-state index contributed by atoms with van der Waals surface area (Å²) in [7, 11) is -3.76. The van der Waals surface area contributed by atoms with E-state index >= 15 is 0 Å². The Hall–Kier alpha value is -4.11. The van der Waals surface area contributed by atoms with Gasteiger partial charge in [-0.05, 0) is 42.0 Å². The maximum atomic E-state index is 12.7. The minimum Gasteiger partial charge on any atom is -0.455 e. The number of rotatable bonds is 9. The van der Waals surface area contributed by atoms with Crippen molar-refractivity contribution in [1.29, 1.82) is 0 Å². The summed E-state index contributed by atoms with van der Waals surface area (Å²) < 4.78 is 34.0. The summed E-state index contributed by atoms with van der Waals surface area (Å²) in [5, 5.41) is 2.79. The molecule has 1 aromatic heterocycles. The van der Waals surface area contributed by atoms with Crippen LogP contribution in [0.2, 0.25) is 0 Å². The molecule has 1 heterocycles. The SMILES string of the molecule is CS(=O)(=O)N(CC(=O)NCc1ccc(-n2ccnc2)cc1)c1ccccc1Oc1ccccc1. The first-order valence-electron chi connectivity index (χ1n) is 10.5. The van der Waals surface area contributed by atoms with Crippen LogP contribution in [0.1, 0.15) is 5.56 Å². The number of nitrogens with one attached hydrogen (secondary N) is 1. The van der Waals surface area contributed by atoms with Gasteiger partial charge in [0.1, 0.15) is 12.3 Å². The summed E-state index contributed by atoms with van der Waals surface area (Å²) in [6.45, 7) is -0.107. The molecule has 0 spiro atoms. The van der Waals surface area contributed by atoms with Gasteiger partial charge in [0, 0.05) is 24.6 Å². The number of imidazole rings is 1. The molecule has 174 valence electrons. The van der Waals surface area contributed by atoms with Crippen molar-refractivity contribution >= 4 is 21.6 Å². The van der Waals surface area contributed by atoms with Crippen LogP contribution in [0.15, 0.2) is 97.6 Å². The lowest BCUT2D eigenvalue weighted by atomic mass is 10.2. The summed E-state index contributed by atoms with van der Waals surface area (Å²) in [5.41, 5.74) is 2.12. The predicted octanol–water partition coefficient (Wildman–Crippen LogP) is 3.75. The number of aromatic nitrogens is 2. The Bertz CT molecular complexity index is 1340. The lowest BCUT2D eigenvalue weighted by Gasteiger charge is -2.24. The molecule has 0 bridgehead atoms. The van der Waals surface area contributed by atoms with Crippen molar-refractivity contribution in [1.82, 2.24) is 14.9 Å². The molecular weight excluding hydrogens is 452 g/mol. The van der Waals surface area contributed by atoms with Crippen LogP contribution >= 0.6 is 0 Å². The zero-order valence-corrected chi connectivity index (χ0v) is 19.4. The number of amides is 1. The third-order valence-corrected chi connectivity index (χ3v) is 6.15. The number of ether oxygens (including phenoxy) is 1. The smallest absolute Gasteiger partial charge is 0.241 e. The number of sulfonamides is 1. The molecule has 0 fully saturated rings. The van der Waals surface area contributed by atoms with Crippen molar-refractivity contribution < 1.29 is 17.9 Å². The van der Waals surface area contributed by atoms with E-state index in [9.17, 15) is 13.2 Å². The largest absolute Gasteiger partial charge is 0.455 e. The number of hydrogen-bond acceptors (Lipinski definition) is 5. The number of benzene rings is 3. The summed E-state index contributed by atoms with van der Waals surface area (Å²) in [6, 6.07) is 23.4. The Labute approximate surface area is 198 Å². The van der Waals surface area contributed by atoms with Crippen LogP contribution in [0.3, 0.4) is 0 Å². The summed E-state index contributed by atoms with van der Waals surface area (Å²) in [6.07, 6.45) is 6.31. The normalized spacial score (nSPS) is 11.1.